The Labute approximate surface area is 302 Å². The van der Waals surface area contributed by atoms with Crippen LogP contribution in [-0.4, -0.2) is 0 Å². The van der Waals surface area contributed by atoms with E-state index >= 15 is 0 Å². The molecule has 0 aliphatic rings. The molecule has 0 aliphatic heterocycles. The monoisotopic (exact) mass is 652 g/mol. The fraction of sp³-hybridized carbons (Fsp3) is 0.160. The van der Waals surface area contributed by atoms with Gasteiger partial charge in [0.1, 0.15) is 0 Å². The van der Waals surface area contributed by atoms with E-state index in [-0.39, 0.29) is 0 Å². The Hall–Kier alpha value is -5.46. The highest BCUT2D eigenvalue weighted by Crippen LogP contribution is 2.29. The number of allylic oxidation sites excluding steroid dienone is 3. The van der Waals surface area contributed by atoms with E-state index < -0.39 is 0 Å². The predicted octanol–water partition coefficient (Wildman–Crippen LogP) is 14.7. The van der Waals surface area contributed by atoms with Crippen molar-refractivity contribution in [1.82, 2.24) is 0 Å². The fourth-order valence-corrected chi connectivity index (χ4v) is 5.69. The molecule has 0 heterocycles. The fourth-order valence-electron chi connectivity index (χ4n) is 5.69. The summed E-state index contributed by atoms with van der Waals surface area (Å²) in [5, 5.41) is 0. The first-order valence-corrected chi connectivity index (χ1v) is 17.7. The zero-order valence-corrected chi connectivity index (χ0v) is 31.0. The van der Waals surface area contributed by atoms with Crippen molar-refractivity contribution in [2.75, 3.05) is 0 Å². The average Bonchev–Trinajstić information content (AvgIpc) is 3.15. The molecule has 6 rings (SSSR count). The molecule has 0 atom stereocenters. The molecule has 0 bridgehead atoms. The van der Waals surface area contributed by atoms with Gasteiger partial charge in [-0.1, -0.05) is 195 Å². The molecule has 6 aromatic carbocycles. The third kappa shape index (κ3) is 10.8. The normalized spacial score (nSPS) is 10.6. The van der Waals surface area contributed by atoms with Crippen molar-refractivity contribution in [3.8, 4) is 33.4 Å². The summed E-state index contributed by atoms with van der Waals surface area (Å²) < 4.78 is 0. The van der Waals surface area contributed by atoms with E-state index in [1.807, 2.05) is 20.8 Å². The Bertz CT molecular complexity index is 2020. The van der Waals surface area contributed by atoms with Crippen LogP contribution in [0.4, 0.5) is 0 Å². The second-order valence-electron chi connectivity index (χ2n) is 12.8. The Morgan fingerprint density at radius 3 is 1.54 bits per heavy atom. The Morgan fingerprint density at radius 1 is 0.480 bits per heavy atom. The minimum absolute atomic E-state index is 0.899. The molecule has 0 radical (unpaired) electrons. The van der Waals surface area contributed by atoms with Crippen LogP contribution in [0, 0.1) is 6.92 Å². The molecule has 0 nitrogen and oxygen atoms in total. The molecule has 0 saturated carbocycles. The van der Waals surface area contributed by atoms with Gasteiger partial charge in [0.2, 0.25) is 0 Å². The third-order valence-corrected chi connectivity index (χ3v) is 8.57. The van der Waals surface area contributed by atoms with E-state index in [1.165, 1.54) is 72.3 Å². The summed E-state index contributed by atoms with van der Waals surface area (Å²) in [6.45, 7) is 18.5. The van der Waals surface area contributed by atoms with Gasteiger partial charge in [-0.2, -0.15) is 0 Å². The molecule has 0 aromatic heterocycles. The summed E-state index contributed by atoms with van der Waals surface area (Å²) in [7, 11) is 0. The molecule has 0 amide bonds. The van der Waals surface area contributed by atoms with Crippen molar-refractivity contribution in [3.63, 3.8) is 0 Å². The second-order valence-corrected chi connectivity index (χ2v) is 12.8. The van der Waals surface area contributed by atoms with Gasteiger partial charge < -0.3 is 0 Å². The second kappa shape index (κ2) is 18.9. The number of rotatable bonds is 8. The summed E-state index contributed by atoms with van der Waals surface area (Å²) in [6.07, 6.45) is 5.36. The van der Waals surface area contributed by atoms with Gasteiger partial charge in [0.05, 0.1) is 0 Å². The SMILES string of the molecule is C=C(C)/C(C)=C/c1ccccc1C.CC.CC(C)=Cc1ccc(-c2ccccc2)cc1Cc1cccc(-c2ccc(-c3ccccc3)cc2)c1. The summed E-state index contributed by atoms with van der Waals surface area (Å²) in [5.41, 5.74) is 17.7. The van der Waals surface area contributed by atoms with Crippen LogP contribution < -0.4 is 0 Å². The molecular weight excluding hydrogens is 601 g/mol. The van der Waals surface area contributed by atoms with E-state index in [0.717, 1.165) is 12.0 Å². The number of hydrogen-bond acceptors (Lipinski definition) is 0. The van der Waals surface area contributed by atoms with Gasteiger partial charge in [-0.3, -0.25) is 0 Å². The van der Waals surface area contributed by atoms with Crippen molar-refractivity contribution < 1.29 is 0 Å². The molecule has 0 unspecified atom stereocenters. The van der Waals surface area contributed by atoms with Crippen LogP contribution in [0.3, 0.4) is 0 Å². The summed E-state index contributed by atoms with van der Waals surface area (Å²) in [6, 6.07) is 54.2. The van der Waals surface area contributed by atoms with Crippen molar-refractivity contribution in [3.05, 3.63) is 203 Å². The number of hydrogen-bond donors (Lipinski definition) is 0. The highest BCUT2D eigenvalue weighted by atomic mass is 14.1. The molecular formula is C50H52. The van der Waals surface area contributed by atoms with Gasteiger partial charge in [0, 0.05) is 0 Å². The predicted molar refractivity (Wildman–Crippen MR) is 222 cm³/mol. The first-order chi connectivity index (χ1) is 24.3. The Morgan fingerprint density at radius 2 is 0.960 bits per heavy atom. The van der Waals surface area contributed by atoms with E-state index in [2.05, 4.69) is 198 Å². The van der Waals surface area contributed by atoms with Crippen molar-refractivity contribution in [2.24, 2.45) is 0 Å². The molecule has 0 spiro atoms. The molecule has 0 fully saturated rings. The molecule has 50 heavy (non-hydrogen) atoms. The van der Waals surface area contributed by atoms with E-state index in [1.54, 1.807) is 0 Å². The van der Waals surface area contributed by atoms with Crippen LogP contribution in [0.1, 0.15) is 69.4 Å². The zero-order chi connectivity index (χ0) is 35.9. The highest BCUT2D eigenvalue weighted by Gasteiger charge is 2.08. The Balaban J connectivity index is 0.000000315. The van der Waals surface area contributed by atoms with E-state index in [4.69, 9.17) is 0 Å². The van der Waals surface area contributed by atoms with E-state index in [9.17, 15) is 0 Å². The first kappa shape index (κ1) is 37.4. The average molecular weight is 653 g/mol. The summed E-state index contributed by atoms with van der Waals surface area (Å²) >= 11 is 0. The topological polar surface area (TPSA) is 0 Å². The number of aryl methyl sites for hydroxylation is 1. The minimum Gasteiger partial charge on any atom is -0.0958 e. The maximum Gasteiger partial charge on any atom is -0.00194 e. The van der Waals surface area contributed by atoms with Crippen LogP contribution >= 0.6 is 0 Å². The first-order valence-electron chi connectivity index (χ1n) is 17.7. The van der Waals surface area contributed by atoms with Crippen LogP contribution in [0.25, 0.3) is 45.5 Å². The lowest BCUT2D eigenvalue weighted by molar-refractivity contribution is 1.18. The smallest absolute Gasteiger partial charge is 0.00194 e. The standard InChI is InChI=1S/C35H30.C13H16.C2H6/c1-26(2)22-33-20-21-34(29-13-7-4-8-14-29)25-35(33)24-27-10-9-15-32(23-27)31-18-16-30(17-19-31)28-11-5-3-6-12-28;1-10(2)12(4)9-13-8-6-5-7-11(13)3;1-2/h3-23,25H,24H2,1-2H3;5-9H,1H2,2-4H3;1-2H3/b;12-9+;. The summed E-state index contributed by atoms with van der Waals surface area (Å²) in [4.78, 5) is 0. The van der Waals surface area contributed by atoms with Crippen LogP contribution in [0.5, 0.6) is 0 Å². The maximum absolute atomic E-state index is 3.91. The third-order valence-electron chi connectivity index (χ3n) is 8.57. The molecule has 0 N–H and O–H groups in total. The van der Waals surface area contributed by atoms with Crippen molar-refractivity contribution in [1.29, 1.82) is 0 Å². The van der Waals surface area contributed by atoms with Gasteiger partial charge in [0.25, 0.3) is 0 Å². The summed E-state index contributed by atoms with van der Waals surface area (Å²) in [5.74, 6) is 0. The van der Waals surface area contributed by atoms with Gasteiger partial charge in [0.15, 0.2) is 0 Å². The molecule has 0 heteroatoms. The quantitative estimate of drug-likeness (QED) is 0.144. The maximum atomic E-state index is 3.91. The van der Waals surface area contributed by atoms with Gasteiger partial charge >= 0.3 is 0 Å². The van der Waals surface area contributed by atoms with Crippen molar-refractivity contribution in [2.45, 2.75) is 54.9 Å². The molecule has 6 aromatic rings. The largest absolute Gasteiger partial charge is 0.0958 e. The number of benzene rings is 6. The van der Waals surface area contributed by atoms with Crippen LogP contribution in [0.2, 0.25) is 0 Å². The van der Waals surface area contributed by atoms with Crippen LogP contribution in [0.15, 0.2) is 175 Å². The van der Waals surface area contributed by atoms with Crippen molar-refractivity contribution >= 4 is 12.2 Å². The van der Waals surface area contributed by atoms with E-state index in [0.29, 0.717) is 0 Å². The van der Waals surface area contributed by atoms with Gasteiger partial charge in [-0.05, 0) is 108 Å². The van der Waals surface area contributed by atoms with Crippen LogP contribution in [-0.2, 0) is 6.42 Å². The highest BCUT2D eigenvalue weighted by molar-refractivity contribution is 5.72. The molecule has 0 saturated heterocycles. The lowest BCUT2D eigenvalue weighted by atomic mass is 9.92. The lowest BCUT2D eigenvalue weighted by Gasteiger charge is -2.12. The molecule has 252 valence electrons. The Kier molecular flexibility index (Phi) is 14.1. The minimum atomic E-state index is 0.899. The van der Waals surface area contributed by atoms with Gasteiger partial charge in [-0.25, -0.2) is 0 Å². The molecule has 0 aliphatic carbocycles. The van der Waals surface area contributed by atoms with Gasteiger partial charge in [-0.15, -0.1) is 0 Å². The lowest BCUT2D eigenvalue weighted by Crippen LogP contribution is -1.94. The zero-order valence-electron chi connectivity index (χ0n) is 31.0.